The average molecular weight is 376 g/mol. The highest BCUT2D eigenvalue weighted by atomic mass is 16.5. The van der Waals surface area contributed by atoms with E-state index in [4.69, 9.17) is 4.74 Å². The summed E-state index contributed by atoms with van der Waals surface area (Å²) < 4.78 is 5.42. The first kappa shape index (κ1) is 19.4. The van der Waals surface area contributed by atoms with E-state index in [2.05, 4.69) is 10.6 Å². The third kappa shape index (κ3) is 4.14. The molecule has 0 saturated carbocycles. The van der Waals surface area contributed by atoms with Crippen molar-refractivity contribution in [3.05, 3.63) is 71.8 Å². The number of carbonyl (C=O) groups excluding carboxylic acids is 2. The van der Waals surface area contributed by atoms with Gasteiger partial charge in [-0.05, 0) is 48.4 Å². The van der Waals surface area contributed by atoms with Gasteiger partial charge in [-0.25, -0.2) is 0 Å². The lowest BCUT2D eigenvalue weighted by atomic mass is 10.0. The molecule has 0 aromatic heterocycles. The zero-order valence-electron chi connectivity index (χ0n) is 16.3. The predicted octanol–water partition coefficient (Wildman–Crippen LogP) is 4.63. The lowest BCUT2D eigenvalue weighted by Crippen LogP contribution is -2.32. The van der Waals surface area contributed by atoms with Gasteiger partial charge in [0.05, 0.1) is 23.9 Å². The molecule has 2 amide bonds. The molecule has 0 aliphatic rings. The molecule has 0 saturated heterocycles. The standard InChI is InChI=1S/C23H24N2O3/c1-4-15(2)24-22(26)18-11-7-8-12-20(18)25-23(27)19-13-16-9-5-6-10-17(16)14-21(19)28-3/h5-15H,4H2,1-3H3,(H,24,26)(H,25,27)/t15-/m0/s1. The third-order valence-corrected chi connectivity index (χ3v) is 4.72. The maximum atomic E-state index is 13.0. The Bertz CT molecular complexity index is 1010. The highest BCUT2D eigenvalue weighted by Gasteiger charge is 2.18. The van der Waals surface area contributed by atoms with Crippen molar-refractivity contribution in [1.82, 2.24) is 5.32 Å². The van der Waals surface area contributed by atoms with Crippen LogP contribution in [0.5, 0.6) is 5.75 Å². The number of fused-ring (bicyclic) bond motifs is 1. The highest BCUT2D eigenvalue weighted by Crippen LogP contribution is 2.27. The first-order chi connectivity index (χ1) is 13.5. The van der Waals surface area contributed by atoms with Crippen molar-refractivity contribution >= 4 is 28.3 Å². The Morgan fingerprint density at radius 3 is 2.25 bits per heavy atom. The molecule has 0 spiro atoms. The Hall–Kier alpha value is -3.34. The quantitative estimate of drug-likeness (QED) is 0.659. The minimum absolute atomic E-state index is 0.0526. The van der Waals surface area contributed by atoms with E-state index in [1.54, 1.807) is 30.3 Å². The SMILES string of the molecule is CC[C@H](C)NC(=O)c1ccccc1NC(=O)c1cc2ccccc2cc1OC. The van der Waals surface area contributed by atoms with Crippen LogP contribution in [0.2, 0.25) is 0 Å². The van der Waals surface area contributed by atoms with Gasteiger partial charge in [0, 0.05) is 6.04 Å². The van der Waals surface area contributed by atoms with Crippen molar-refractivity contribution in [3.63, 3.8) is 0 Å². The molecular formula is C23H24N2O3. The molecular weight excluding hydrogens is 352 g/mol. The first-order valence-corrected chi connectivity index (χ1v) is 9.31. The molecule has 2 N–H and O–H groups in total. The van der Waals surface area contributed by atoms with Crippen LogP contribution in [-0.2, 0) is 0 Å². The molecule has 5 nitrogen and oxygen atoms in total. The Labute approximate surface area is 164 Å². The molecule has 0 bridgehead atoms. The molecule has 3 rings (SSSR count). The number of nitrogens with one attached hydrogen (secondary N) is 2. The lowest BCUT2D eigenvalue weighted by Gasteiger charge is -2.15. The van der Waals surface area contributed by atoms with Gasteiger partial charge >= 0.3 is 0 Å². The minimum Gasteiger partial charge on any atom is -0.496 e. The van der Waals surface area contributed by atoms with Crippen LogP contribution in [0.3, 0.4) is 0 Å². The maximum absolute atomic E-state index is 13.0. The molecule has 0 aliphatic carbocycles. The Kier molecular flexibility index (Phi) is 5.94. The maximum Gasteiger partial charge on any atom is 0.259 e. The normalized spacial score (nSPS) is 11.7. The fraction of sp³-hybridized carbons (Fsp3) is 0.217. The number of benzene rings is 3. The second-order valence-electron chi connectivity index (χ2n) is 6.68. The van der Waals surface area contributed by atoms with E-state index in [9.17, 15) is 9.59 Å². The van der Waals surface area contributed by atoms with E-state index in [0.717, 1.165) is 17.2 Å². The Morgan fingerprint density at radius 1 is 0.929 bits per heavy atom. The number of amides is 2. The Morgan fingerprint density at radius 2 is 1.57 bits per heavy atom. The molecule has 3 aromatic carbocycles. The number of ether oxygens (including phenoxy) is 1. The summed E-state index contributed by atoms with van der Waals surface area (Å²) in [4.78, 5) is 25.5. The fourth-order valence-corrected chi connectivity index (χ4v) is 2.95. The first-order valence-electron chi connectivity index (χ1n) is 9.31. The molecule has 5 heteroatoms. The zero-order chi connectivity index (χ0) is 20.1. The molecule has 0 aliphatic heterocycles. The van der Waals surface area contributed by atoms with Crippen LogP contribution >= 0.6 is 0 Å². The van der Waals surface area contributed by atoms with Crippen molar-refractivity contribution in [3.8, 4) is 5.75 Å². The topological polar surface area (TPSA) is 67.4 Å². The number of hydrogen-bond acceptors (Lipinski definition) is 3. The Balaban J connectivity index is 1.92. The lowest BCUT2D eigenvalue weighted by molar-refractivity contribution is 0.0940. The summed E-state index contributed by atoms with van der Waals surface area (Å²) in [5.74, 6) is -0.0557. The molecule has 0 heterocycles. The van der Waals surface area contributed by atoms with Crippen LogP contribution in [0, 0.1) is 0 Å². The smallest absolute Gasteiger partial charge is 0.259 e. The van der Waals surface area contributed by atoms with Gasteiger partial charge in [-0.3, -0.25) is 9.59 Å². The minimum atomic E-state index is -0.327. The number of anilines is 1. The molecule has 0 radical (unpaired) electrons. The molecule has 28 heavy (non-hydrogen) atoms. The summed E-state index contributed by atoms with van der Waals surface area (Å²) in [6, 6.07) is 18.4. The van der Waals surface area contributed by atoms with Crippen molar-refractivity contribution in [2.24, 2.45) is 0 Å². The summed E-state index contributed by atoms with van der Waals surface area (Å²) in [6.45, 7) is 3.95. The number of rotatable bonds is 6. The second kappa shape index (κ2) is 8.57. The number of para-hydroxylation sites is 1. The van der Waals surface area contributed by atoms with Gasteiger partial charge in [0.25, 0.3) is 11.8 Å². The molecule has 1 atom stereocenters. The largest absolute Gasteiger partial charge is 0.496 e. The number of carbonyl (C=O) groups is 2. The zero-order valence-corrected chi connectivity index (χ0v) is 16.3. The van der Waals surface area contributed by atoms with E-state index in [-0.39, 0.29) is 17.9 Å². The summed E-state index contributed by atoms with van der Waals surface area (Å²) in [5, 5.41) is 7.72. The van der Waals surface area contributed by atoms with Crippen LogP contribution in [0.15, 0.2) is 60.7 Å². The van der Waals surface area contributed by atoms with E-state index < -0.39 is 0 Å². The molecule has 0 fully saturated rings. The average Bonchev–Trinajstić information content (AvgIpc) is 2.72. The third-order valence-electron chi connectivity index (χ3n) is 4.72. The molecule has 0 unspecified atom stereocenters. The molecule has 144 valence electrons. The molecule has 3 aromatic rings. The van der Waals surface area contributed by atoms with Crippen LogP contribution in [0.4, 0.5) is 5.69 Å². The van der Waals surface area contributed by atoms with Crippen LogP contribution < -0.4 is 15.4 Å². The van der Waals surface area contributed by atoms with Gasteiger partial charge < -0.3 is 15.4 Å². The van der Waals surface area contributed by atoms with Gasteiger partial charge in [0.1, 0.15) is 5.75 Å². The van der Waals surface area contributed by atoms with Crippen molar-refractivity contribution in [2.45, 2.75) is 26.3 Å². The second-order valence-corrected chi connectivity index (χ2v) is 6.68. The van der Waals surface area contributed by atoms with Gasteiger partial charge in [-0.1, -0.05) is 43.3 Å². The van der Waals surface area contributed by atoms with Crippen molar-refractivity contribution in [1.29, 1.82) is 0 Å². The van der Waals surface area contributed by atoms with Gasteiger partial charge in [-0.2, -0.15) is 0 Å². The van der Waals surface area contributed by atoms with Gasteiger partial charge in [0.2, 0.25) is 0 Å². The number of hydrogen-bond donors (Lipinski definition) is 2. The van der Waals surface area contributed by atoms with Crippen molar-refractivity contribution in [2.75, 3.05) is 12.4 Å². The van der Waals surface area contributed by atoms with E-state index in [1.165, 1.54) is 7.11 Å². The fourth-order valence-electron chi connectivity index (χ4n) is 2.95. The highest BCUT2D eigenvalue weighted by molar-refractivity contribution is 6.11. The van der Waals surface area contributed by atoms with E-state index >= 15 is 0 Å². The van der Waals surface area contributed by atoms with Crippen LogP contribution in [-0.4, -0.2) is 25.0 Å². The summed E-state index contributed by atoms with van der Waals surface area (Å²) in [7, 11) is 1.54. The summed E-state index contributed by atoms with van der Waals surface area (Å²) >= 11 is 0. The van der Waals surface area contributed by atoms with Crippen LogP contribution in [0.1, 0.15) is 41.0 Å². The summed E-state index contributed by atoms with van der Waals surface area (Å²) in [5.41, 5.74) is 1.30. The van der Waals surface area contributed by atoms with Crippen molar-refractivity contribution < 1.29 is 14.3 Å². The summed E-state index contributed by atoms with van der Waals surface area (Å²) in [6.07, 6.45) is 0.828. The monoisotopic (exact) mass is 376 g/mol. The predicted molar refractivity (Wildman–Crippen MR) is 112 cm³/mol. The van der Waals surface area contributed by atoms with Crippen LogP contribution in [0.25, 0.3) is 10.8 Å². The van der Waals surface area contributed by atoms with E-state index in [0.29, 0.717) is 22.6 Å². The number of methoxy groups -OCH3 is 1. The van der Waals surface area contributed by atoms with Gasteiger partial charge in [-0.15, -0.1) is 0 Å². The van der Waals surface area contributed by atoms with Gasteiger partial charge in [0.15, 0.2) is 0 Å². The van der Waals surface area contributed by atoms with E-state index in [1.807, 2.05) is 44.2 Å².